The fourth-order valence-corrected chi connectivity index (χ4v) is 6.15. The molecular weight excluding hydrogens is 675 g/mol. The lowest BCUT2D eigenvalue weighted by molar-refractivity contribution is -0.192. The number of anilines is 1. The van der Waals surface area contributed by atoms with Gasteiger partial charge < -0.3 is 26.4 Å². The molecule has 14 heteroatoms. The molecule has 0 unspecified atom stereocenters. The van der Waals surface area contributed by atoms with Crippen LogP contribution in [0.2, 0.25) is 0 Å². The number of carboxylic acid groups (broad SMARTS) is 2. The molecular formula is C36H32F3N3O7S. The van der Waals surface area contributed by atoms with Gasteiger partial charge in [-0.25, -0.2) is 18.0 Å². The minimum Gasteiger partial charge on any atom is -0.478 e. The monoisotopic (exact) mass is 707 g/mol. The van der Waals surface area contributed by atoms with E-state index >= 15 is 0 Å². The molecule has 50 heavy (non-hydrogen) atoms. The number of benzene rings is 5. The number of rotatable bonds is 7. The fraction of sp³-hybridized carbons (Fsp3) is 0.139. The molecule has 5 rings (SSSR count). The summed E-state index contributed by atoms with van der Waals surface area (Å²) in [5.74, 6) is -3.36. The van der Waals surface area contributed by atoms with E-state index in [-0.39, 0.29) is 49.2 Å². The Labute approximate surface area is 285 Å². The Kier molecular flexibility index (Phi) is 10.3. The zero-order chi connectivity index (χ0) is 37.2. The van der Waals surface area contributed by atoms with Crippen LogP contribution in [-0.2, 0) is 20.0 Å². The highest BCUT2D eigenvalue weighted by molar-refractivity contribution is 7.91. The molecule has 0 aliphatic heterocycles. The van der Waals surface area contributed by atoms with Crippen LogP contribution in [0.5, 0.6) is 11.5 Å². The van der Waals surface area contributed by atoms with Gasteiger partial charge in [-0.15, -0.1) is 0 Å². The van der Waals surface area contributed by atoms with Crippen LogP contribution in [0.1, 0.15) is 42.3 Å². The van der Waals surface area contributed by atoms with Gasteiger partial charge in [0.05, 0.1) is 15.4 Å². The van der Waals surface area contributed by atoms with Gasteiger partial charge in [0.25, 0.3) is 0 Å². The van der Waals surface area contributed by atoms with Gasteiger partial charge in [0.2, 0.25) is 9.84 Å². The second-order valence-electron chi connectivity index (χ2n) is 12.1. The number of nitrogen functional groups attached to an aromatic ring is 2. The lowest BCUT2D eigenvalue weighted by Crippen LogP contribution is -2.21. The van der Waals surface area contributed by atoms with Crippen molar-refractivity contribution in [1.29, 1.82) is 5.41 Å². The van der Waals surface area contributed by atoms with Crippen LogP contribution in [0.4, 0.5) is 18.9 Å². The second-order valence-corrected chi connectivity index (χ2v) is 14.0. The molecule has 5 aromatic carbocycles. The third-order valence-electron chi connectivity index (χ3n) is 7.49. The molecule has 0 atom stereocenters. The average Bonchev–Trinajstić information content (AvgIpc) is 3.03. The maximum atomic E-state index is 13.7. The maximum Gasteiger partial charge on any atom is 0.490 e. The van der Waals surface area contributed by atoms with Crippen LogP contribution in [0.25, 0.3) is 21.9 Å². The molecule has 10 nitrogen and oxygen atoms in total. The van der Waals surface area contributed by atoms with E-state index in [4.69, 9.17) is 31.5 Å². The number of alkyl halides is 3. The number of carbonyl (C=O) groups is 2. The predicted molar refractivity (Wildman–Crippen MR) is 183 cm³/mol. The number of aromatic carboxylic acids is 1. The summed E-state index contributed by atoms with van der Waals surface area (Å²) in [5, 5.41) is 26.5. The van der Waals surface area contributed by atoms with E-state index < -0.39 is 28.0 Å². The maximum absolute atomic E-state index is 13.7. The Hall–Kier alpha value is -5.89. The van der Waals surface area contributed by atoms with Crippen LogP contribution >= 0.6 is 0 Å². The first kappa shape index (κ1) is 36.9. The Morgan fingerprint density at radius 3 is 1.92 bits per heavy atom. The van der Waals surface area contributed by atoms with Crippen LogP contribution in [-0.4, -0.2) is 42.6 Å². The molecule has 0 amide bonds. The summed E-state index contributed by atoms with van der Waals surface area (Å²) in [6.07, 6.45) is -5.08. The summed E-state index contributed by atoms with van der Waals surface area (Å²) >= 11 is 0. The minimum atomic E-state index is -5.08. The largest absolute Gasteiger partial charge is 0.490 e. The molecule has 260 valence electrons. The highest BCUT2D eigenvalue weighted by Crippen LogP contribution is 2.40. The summed E-state index contributed by atoms with van der Waals surface area (Å²) in [6, 6.07) is 26.5. The summed E-state index contributed by atoms with van der Waals surface area (Å²) in [4.78, 5) is 21.3. The van der Waals surface area contributed by atoms with Gasteiger partial charge in [-0.3, -0.25) is 5.41 Å². The van der Waals surface area contributed by atoms with E-state index in [1.54, 1.807) is 60.7 Å². The summed E-state index contributed by atoms with van der Waals surface area (Å²) in [7, 11) is -3.97. The SMILES string of the molecule is CC(C)(C)c1ccc(S(=O)(=O)c2ccc(Oc3ccc4cc(C(=N)N)ccc4c3)c(-c3cccc(N)c3C(=O)O)c2)cc1.O=C(O)C(F)(F)F. The minimum absolute atomic E-state index is 0.0209. The van der Waals surface area contributed by atoms with Crippen molar-refractivity contribution in [1.82, 2.24) is 0 Å². The summed E-state index contributed by atoms with van der Waals surface area (Å²) in [6.45, 7) is 6.14. The van der Waals surface area contributed by atoms with E-state index in [1.165, 1.54) is 24.3 Å². The van der Waals surface area contributed by atoms with Gasteiger partial charge in [0.15, 0.2) is 0 Å². The zero-order valence-corrected chi connectivity index (χ0v) is 27.7. The van der Waals surface area contributed by atoms with Crippen molar-refractivity contribution in [3.05, 3.63) is 114 Å². The smallest absolute Gasteiger partial charge is 0.478 e. The number of nitrogens with two attached hydrogens (primary N) is 2. The molecule has 0 fully saturated rings. The van der Waals surface area contributed by atoms with Crippen LogP contribution in [0.15, 0.2) is 107 Å². The first-order valence-corrected chi connectivity index (χ1v) is 16.2. The summed E-state index contributed by atoms with van der Waals surface area (Å²) < 4.78 is 65.5. The first-order valence-electron chi connectivity index (χ1n) is 14.7. The molecule has 0 heterocycles. The van der Waals surface area contributed by atoms with E-state index in [1.807, 2.05) is 32.9 Å². The number of fused-ring (bicyclic) bond motifs is 1. The Morgan fingerprint density at radius 1 is 0.780 bits per heavy atom. The van der Waals surface area contributed by atoms with Gasteiger partial charge in [0.1, 0.15) is 17.3 Å². The van der Waals surface area contributed by atoms with Gasteiger partial charge in [-0.1, -0.05) is 63.2 Å². The molecule has 0 saturated heterocycles. The predicted octanol–water partition coefficient (Wildman–Crippen LogP) is 7.63. The van der Waals surface area contributed by atoms with Gasteiger partial charge >= 0.3 is 18.1 Å². The van der Waals surface area contributed by atoms with Crippen molar-refractivity contribution in [2.45, 2.75) is 42.2 Å². The standard InChI is InChI=1S/C34H31N3O5S.C2HF3O2/c1-34(2,3)23-10-13-25(14-11-23)43(40,41)26-15-16-30(28(19-26)27-5-4-6-29(35)31(27)33(38)39)42-24-12-9-20-17-22(32(36)37)8-7-21(20)18-24;3-2(4,5)1(6)7/h4-19H,35H2,1-3H3,(H3,36,37)(H,38,39);(H,6,7). The number of aliphatic carboxylic acids is 1. The van der Waals surface area contributed by atoms with Crippen molar-refractivity contribution in [2.24, 2.45) is 5.73 Å². The number of halogens is 3. The molecule has 0 aliphatic carbocycles. The molecule has 7 N–H and O–H groups in total. The van der Waals surface area contributed by atoms with Crippen molar-refractivity contribution in [3.63, 3.8) is 0 Å². The highest BCUT2D eigenvalue weighted by Gasteiger charge is 2.38. The lowest BCUT2D eigenvalue weighted by atomic mass is 9.87. The highest BCUT2D eigenvalue weighted by atomic mass is 32.2. The summed E-state index contributed by atoms with van der Waals surface area (Å²) in [5.41, 5.74) is 13.5. The Bertz CT molecular complexity index is 2230. The molecule has 0 aliphatic rings. The van der Waals surface area contributed by atoms with Crippen molar-refractivity contribution in [2.75, 3.05) is 5.73 Å². The molecule has 0 saturated carbocycles. The molecule has 0 aromatic heterocycles. The number of amidine groups is 1. The Balaban J connectivity index is 0.000000727. The van der Waals surface area contributed by atoms with Gasteiger partial charge in [-0.05, 0) is 76.3 Å². The molecule has 0 bridgehead atoms. The average molecular weight is 708 g/mol. The number of carboxylic acids is 2. The van der Waals surface area contributed by atoms with E-state index in [0.717, 1.165) is 16.3 Å². The number of sulfone groups is 1. The quantitative estimate of drug-likeness (QED) is 0.0642. The number of hydrogen-bond donors (Lipinski definition) is 5. The Morgan fingerprint density at radius 2 is 1.36 bits per heavy atom. The van der Waals surface area contributed by atoms with E-state index in [0.29, 0.717) is 11.3 Å². The topological polar surface area (TPSA) is 194 Å². The molecule has 5 aromatic rings. The van der Waals surface area contributed by atoms with Crippen LogP contribution in [0.3, 0.4) is 0 Å². The van der Waals surface area contributed by atoms with E-state index in [2.05, 4.69) is 0 Å². The lowest BCUT2D eigenvalue weighted by Gasteiger charge is -2.19. The normalized spacial score (nSPS) is 11.7. The first-order chi connectivity index (χ1) is 23.2. The molecule has 0 radical (unpaired) electrons. The fourth-order valence-electron chi connectivity index (χ4n) is 4.86. The van der Waals surface area contributed by atoms with Gasteiger partial charge in [0, 0.05) is 22.4 Å². The molecule has 0 spiro atoms. The van der Waals surface area contributed by atoms with Gasteiger partial charge in [-0.2, -0.15) is 13.2 Å². The van der Waals surface area contributed by atoms with Crippen molar-refractivity contribution in [3.8, 4) is 22.6 Å². The zero-order valence-electron chi connectivity index (χ0n) is 26.9. The van der Waals surface area contributed by atoms with Crippen LogP contribution < -0.4 is 16.2 Å². The van der Waals surface area contributed by atoms with Crippen LogP contribution in [0, 0.1) is 5.41 Å². The third kappa shape index (κ3) is 8.21. The van der Waals surface area contributed by atoms with Crippen molar-refractivity contribution >= 4 is 44.1 Å². The second kappa shape index (κ2) is 13.9. The number of nitrogens with one attached hydrogen (secondary N) is 1. The number of ether oxygens (including phenoxy) is 1. The third-order valence-corrected chi connectivity index (χ3v) is 9.25. The van der Waals surface area contributed by atoms with E-state index in [9.17, 15) is 31.5 Å². The van der Waals surface area contributed by atoms with Crippen molar-refractivity contribution < 1.29 is 46.1 Å². The number of hydrogen-bond acceptors (Lipinski definition) is 7.